The van der Waals surface area contributed by atoms with E-state index >= 15 is 0 Å². The van der Waals surface area contributed by atoms with Crippen molar-refractivity contribution in [1.29, 1.82) is 0 Å². The fourth-order valence-electron chi connectivity index (χ4n) is 3.66. The van der Waals surface area contributed by atoms with Gasteiger partial charge < -0.3 is 23.8 Å². The Labute approximate surface area is 201 Å². The van der Waals surface area contributed by atoms with Crippen LogP contribution in [-0.4, -0.2) is 38.4 Å². The average molecular weight is 484 g/mol. The smallest absolute Gasteiger partial charge is 0.167 e. The van der Waals surface area contributed by atoms with Gasteiger partial charge in [-0.3, -0.25) is 0 Å². The Hall–Kier alpha value is -3.78. The summed E-state index contributed by atoms with van der Waals surface area (Å²) < 4.78 is 36.0. The van der Waals surface area contributed by atoms with Crippen molar-refractivity contribution in [3.05, 3.63) is 71.3 Å². The lowest BCUT2D eigenvalue weighted by atomic mass is 10.1. The summed E-state index contributed by atoms with van der Waals surface area (Å²) in [6.45, 7) is 0.400. The summed E-state index contributed by atoms with van der Waals surface area (Å²) in [6.07, 6.45) is 1.39. The van der Waals surface area contributed by atoms with E-state index in [1.165, 1.54) is 19.5 Å². The molecule has 0 bridgehead atoms. The van der Waals surface area contributed by atoms with Gasteiger partial charge >= 0.3 is 0 Å². The minimum absolute atomic E-state index is 0.0913. The van der Waals surface area contributed by atoms with Gasteiger partial charge in [-0.15, -0.1) is 0 Å². The molecule has 34 heavy (non-hydrogen) atoms. The molecule has 4 aromatic rings. The Bertz CT molecular complexity index is 1320. The molecule has 0 atom stereocenters. The molecule has 7 nitrogen and oxygen atoms in total. The van der Waals surface area contributed by atoms with Gasteiger partial charge in [-0.05, 0) is 23.8 Å². The van der Waals surface area contributed by atoms with Gasteiger partial charge in [0.2, 0.25) is 0 Å². The standard InChI is InChI=1S/C25H23ClFN3O4/c1-31-16-7-5-15(6-8-16)13-30(21-12-22(32-2)18(26)10-24(21)34-4)25-17-9-23(33-3)19(27)11-20(17)28-14-29-25/h5-12,14H,13H2,1-4H3. The lowest BCUT2D eigenvalue weighted by Crippen LogP contribution is -2.19. The Balaban J connectivity index is 1.95. The van der Waals surface area contributed by atoms with E-state index in [1.54, 1.807) is 39.5 Å². The minimum Gasteiger partial charge on any atom is -0.497 e. The topological polar surface area (TPSA) is 65.9 Å². The molecule has 0 aliphatic heterocycles. The van der Waals surface area contributed by atoms with Gasteiger partial charge in [0.1, 0.15) is 29.4 Å². The molecule has 0 amide bonds. The number of benzene rings is 3. The number of hydrogen-bond acceptors (Lipinski definition) is 7. The summed E-state index contributed by atoms with van der Waals surface area (Å²) in [4.78, 5) is 10.7. The molecule has 0 radical (unpaired) electrons. The second kappa shape index (κ2) is 10.0. The average Bonchev–Trinajstić information content (AvgIpc) is 2.86. The predicted octanol–water partition coefficient (Wildman–Crippen LogP) is 5.80. The van der Waals surface area contributed by atoms with Crippen molar-refractivity contribution >= 4 is 34.0 Å². The van der Waals surface area contributed by atoms with Crippen LogP contribution < -0.4 is 23.8 Å². The van der Waals surface area contributed by atoms with Gasteiger partial charge in [-0.25, -0.2) is 14.4 Å². The van der Waals surface area contributed by atoms with E-state index < -0.39 is 5.82 Å². The fourth-order valence-corrected chi connectivity index (χ4v) is 3.89. The molecule has 0 fully saturated rings. The Morgan fingerprint density at radius 2 is 1.53 bits per heavy atom. The molecule has 9 heteroatoms. The van der Waals surface area contributed by atoms with Crippen LogP contribution in [0.15, 0.2) is 54.9 Å². The number of methoxy groups -OCH3 is 4. The molecule has 176 valence electrons. The summed E-state index contributed by atoms with van der Waals surface area (Å²) in [5.41, 5.74) is 2.06. The highest BCUT2D eigenvalue weighted by atomic mass is 35.5. The lowest BCUT2D eigenvalue weighted by molar-refractivity contribution is 0.387. The molecule has 0 saturated heterocycles. The lowest BCUT2D eigenvalue weighted by Gasteiger charge is -2.27. The predicted molar refractivity (Wildman–Crippen MR) is 129 cm³/mol. The van der Waals surface area contributed by atoms with Crippen LogP contribution in [0.1, 0.15) is 5.56 Å². The number of nitrogens with zero attached hydrogens (tertiary/aromatic N) is 3. The monoisotopic (exact) mass is 483 g/mol. The van der Waals surface area contributed by atoms with Crippen LogP contribution in [0.5, 0.6) is 23.0 Å². The summed E-state index contributed by atoms with van der Waals surface area (Å²) in [6, 6.07) is 14.0. The molecule has 0 aliphatic carbocycles. The van der Waals surface area contributed by atoms with Gasteiger partial charge in [0.05, 0.1) is 44.7 Å². The molecule has 3 aromatic carbocycles. The van der Waals surface area contributed by atoms with E-state index in [0.29, 0.717) is 45.5 Å². The maximum atomic E-state index is 14.4. The minimum atomic E-state index is -0.507. The first-order chi connectivity index (χ1) is 16.5. The van der Waals surface area contributed by atoms with E-state index in [2.05, 4.69) is 9.97 Å². The molecule has 0 saturated carbocycles. The quantitative estimate of drug-likeness (QED) is 0.314. The van der Waals surface area contributed by atoms with Crippen molar-refractivity contribution in [3.8, 4) is 23.0 Å². The number of ether oxygens (including phenoxy) is 4. The molecule has 0 spiro atoms. The van der Waals surface area contributed by atoms with Gasteiger partial charge in [-0.2, -0.15) is 0 Å². The van der Waals surface area contributed by atoms with E-state index in [4.69, 9.17) is 30.5 Å². The SMILES string of the molecule is COc1ccc(CN(c2cc(OC)c(Cl)cc2OC)c2ncnc3cc(F)c(OC)cc23)cc1. The maximum Gasteiger partial charge on any atom is 0.167 e. The van der Waals surface area contributed by atoms with Crippen molar-refractivity contribution in [1.82, 2.24) is 9.97 Å². The Morgan fingerprint density at radius 1 is 0.824 bits per heavy atom. The van der Waals surface area contributed by atoms with Gasteiger partial charge in [-0.1, -0.05) is 23.7 Å². The van der Waals surface area contributed by atoms with Crippen LogP contribution in [-0.2, 0) is 6.54 Å². The Morgan fingerprint density at radius 3 is 2.18 bits per heavy atom. The number of hydrogen-bond donors (Lipinski definition) is 0. The van der Waals surface area contributed by atoms with E-state index in [-0.39, 0.29) is 5.75 Å². The second-order valence-electron chi connectivity index (χ2n) is 7.29. The van der Waals surface area contributed by atoms with Crippen molar-refractivity contribution in [3.63, 3.8) is 0 Å². The summed E-state index contributed by atoms with van der Waals surface area (Å²) in [5, 5.41) is 1.01. The normalized spacial score (nSPS) is 10.8. The second-order valence-corrected chi connectivity index (χ2v) is 7.70. The van der Waals surface area contributed by atoms with Crippen molar-refractivity contribution in [2.24, 2.45) is 0 Å². The van der Waals surface area contributed by atoms with Crippen molar-refractivity contribution < 1.29 is 23.3 Å². The number of aromatic nitrogens is 2. The third kappa shape index (κ3) is 4.49. The largest absolute Gasteiger partial charge is 0.497 e. The number of rotatable bonds is 8. The molecule has 0 aliphatic rings. The van der Waals surface area contributed by atoms with Crippen molar-refractivity contribution in [2.75, 3.05) is 33.3 Å². The molecular weight excluding hydrogens is 461 g/mol. The zero-order valence-electron chi connectivity index (χ0n) is 19.1. The zero-order valence-corrected chi connectivity index (χ0v) is 19.9. The third-order valence-electron chi connectivity index (χ3n) is 5.39. The zero-order chi connectivity index (χ0) is 24.2. The Kier molecular flexibility index (Phi) is 6.88. The summed E-state index contributed by atoms with van der Waals surface area (Å²) in [5.74, 6) is 1.84. The number of halogens is 2. The molecule has 1 aromatic heterocycles. The van der Waals surface area contributed by atoms with Crippen LogP contribution in [0, 0.1) is 5.82 Å². The van der Waals surface area contributed by atoms with Crippen LogP contribution in [0.2, 0.25) is 5.02 Å². The van der Waals surface area contributed by atoms with Gasteiger partial charge in [0, 0.05) is 30.1 Å². The summed E-state index contributed by atoms with van der Waals surface area (Å²) in [7, 11) is 6.13. The van der Waals surface area contributed by atoms with Crippen LogP contribution in [0.4, 0.5) is 15.9 Å². The highest BCUT2D eigenvalue weighted by Crippen LogP contribution is 2.43. The van der Waals surface area contributed by atoms with Gasteiger partial charge in [0.15, 0.2) is 11.6 Å². The maximum absolute atomic E-state index is 14.4. The van der Waals surface area contributed by atoms with Crippen LogP contribution in [0.25, 0.3) is 10.9 Å². The highest BCUT2D eigenvalue weighted by Gasteiger charge is 2.22. The first kappa shape index (κ1) is 23.4. The van der Waals surface area contributed by atoms with Crippen LogP contribution in [0.3, 0.4) is 0 Å². The first-order valence-electron chi connectivity index (χ1n) is 10.3. The number of fused-ring (bicyclic) bond motifs is 1. The molecule has 0 N–H and O–H groups in total. The molecule has 4 rings (SSSR count). The van der Waals surface area contributed by atoms with E-state index in [9.17, 15) is 4.39 Å². The highest BCUT2D eigenvalue weighted by molar-refractivity contribution is 6.32. The first-order valence-corrected chi connectivity index (χ1v) is 10.7. The fraction of sp³-hybridized carbons (Fsp3) is 0.200. The van der Waals surface area contributed by atoms with Crippen molar-refractivity contribution in [2.45, 2.75) is 6.54 Å². The molecular formula is C25H23ClFN3O4. The van der Waals surface area contributed by atoms with Gasteiger partial charge in [0.25, 0.3) is 0 Å². The molecule has 1 heterocycles. The summed E-state index contributed by atoms with van der Waals surface area (Å²) >= 11 is 6.36. The van der Waals surface area contributed by atoms with Crippen LogP contribution >= 0.6 is 11.6 Å². The van der Waals surface area contributed by atoms with E-state index in [1.807, 2.05) is 29.2 Å². The van der Waals surface area contributed by atoms with E-state index in [0.717, 1.165) is 11.3 Å². The molecule has 0 unspecified atom stereocenters. The number of anilines is 2. The third-order valence-corrected chi connectivity index (χ3v) is 5.68.